The highest BCUT2D eigenvalue weighted by Crippen LogP contribution is 2.38. The second-order valence-electron chi connectivity index (χ2n) is 6.66. The molecule has 1 aromatic carbocycles. The van der Waals surface area contributed by atoms with E-state index in [1.807, 2.05) is 19.1 Å². The third-order valence-electron chi connectivity index (χ3n) is 4.78. The van der Waals surface area contributed by atoms with Crippen molar-refractivity contribution in [3.05, 3.63) is 23.8 Å². The lowest BCUT2D eigenvalue weighted by Gasteiger charge is -2.33. The number of amides is 2. The Labute approximate surface area is 142 Å². The molecule has 132 valence electrons. The van der Waals surface area contributed by atoms with Crippen LogP contribution in [-0.4, -0.2) is 51.3 Å². The predicted octanol–water partition coefficient (Wildman–Crippen LogP) is 1.55. The number of rotatable bonds is 4. The molecule has 1 saturated carbocycles. The Bertz CT molecular complexity index is 750. The second-order valence-corrected chi connectivity index (χ2v) is 8.44. The van der Waals surface area contributed by atoms with Crippen molar-refractivity contribution in [1.82, 2.24) is 9.62 Å². The van der Waals surface area contributed by atoms with Crippen LogP contribution in [0.5, 0.6) is 5.75 Å². The molecule has 2 N–H and O–H groups in total. The quantitative estimate of drug-likeness (QED) is 0.860. The largest absolute Gasteiger partial charge is 0.497 e. The number of nitrogens with one attached hydrogen (secondary N) is 2. The van der Waals surface area contributed by atoms with E-state index in [1.54, 1.807) is 18.1 Å². The van der Waals surface area contributed by atoms with E-state index in [0.29, 0.717) is 12.5 Å². The van der Waals surface area contributed by atoms with Crippen molar-refractivity contribution >= 4 is 21.7 Å². The predicted molar refractivity (Wildman–Crippen MR) is 91.7 cm³/mol. The molecule has 0 radical (unpaired) electrons. The van der Waals surface area contributed by atoms with Crippen LogP contribution in [0.2, 0.25) is 0 Å². The van der Waals surface area contributed by atoms with E-state index < -0.39 is 10.0 Å². The summed E-state index contributed by atoms with van der Waals surface area (Å²) in [7, 11) is -1.67. The SMILES string of the molecule is COc1ccc(NC(=O)N2CC3CC(NS(C)(=O)=O)C2C3)c(C)c1. The summed E-state index contributed by atoms with van der Waals surface area (Å²) in [6, 6.07) is 5.01. The Morgan fingerprint density at radius 3 is 2.67 bits per heavy atom. The average Bonchev–Trinajstić information content (AvgIpc) is 3.07. The van der Waals surface area contributed by atoms with E-state index in [2.05, 4.69) is 10.0 Å². The van der Waals surface area contributed by atoms with Gasteiger partial charge < -0.3 is 15.0 Å². The third-order valence-corrected chi connectivity index (χ3v) is 5.51. The number of sulfonamides is 1. The fourth-order valence-electron chi connectivity index (χ4n) is 3.75. The van der Waals surface area contributed by atoms with Gasteiger partial charge in [-0.3, -0.25) is 0 Å². The normalized spacial score (nSPS) is 25.8. The highest BCUT2D eigenvalue weighted by molar-refractivity contribution is 7.88. The van der Waals surface area contributed by atoms with Gasteiger partial charge in [0.15, 0.2) is 0 Å². The molecule has 7 nitrogen and oxygen atoms in total. The number of urea groups is 1. The lowest BCUT2D eigenvalue weighted by molar-refractivity contribution is 0.183. The maximum Gasteiger partial charge on any atom is 0.322 e. The third kappa shape index (κ3) is 3.49. The molecule has 2 aliphatic rings. The van der Waals surface area contributed by atoms with Crippen LogP contribution in [0, 0.1) is 12.8 Å². The number of fused-ring (bicyclic) bond motifs is 2. The number of anilines is 1. The number of piperidine rings is 1. The topological polar surface area (TPSA) is 87.7 Å². The van der Waals surface area contributed by atoms with Crippen LogP contribution < -0.4 is 14.8 Å². The number of hydrogen-bond donors (Lipinski definition) is 2. The summed E-state index contributed by atoms with van der Waals surface area (Å²) in [5, 5.41) is 2.93. The zero-order chi connectivity index (χ0) is 17.5. The van der Waals surface area contributed by atoms with Crippen molar-refractivity contribution in [2.75, 3.05) is 25.2 Å². The van der Waals surface area contributed by atoms with Crippen LogP contribution in [0.25, 0.3) is 0 Å². The van der Waals surface area contributed by atoms with Gasteiger partial charge in [-0.1, -0.05) is 0 Å². The van der Waals surface area contributed by atoms with Crippen molar-refractivity contribution in [2.45, 2.75) is 31.8 Å². The number of benzene rings is 1. The fourth-order valence-corrected chi connectivity index (χ4v) is 4.55. The van der Waals surface area contributed by atoms with Gasteiger partial charge in [0, 0.05) is 18.3 Å². The molecule has 24 heavy (non-hydrogen) atoms. The number of nitrogens with zero attached hydrogens (tertiary/aromatic N) is 1. The van der Waals surface area contributed by atoms with Gasteiger partial charge >= 0.3 is 6.03 Å². The van der Waals surface area contributed by atoms with Gasteiger partial charge in [0.25, 0.3) is 0 Å². The molecule has 8 heteroatoms. The van der Waals surface area contributed by atoms with Crippen molar-refractivity contribution in [3.63, 3.8) is 0 Å². The molecule has 3 rings (SSSR count). The van der Waals surface area contributed by atoms with E-state index >= 15 is 0 Å². The lowest BCUT2D eigenvalue weighted by Crippen LogP contribution is -2.52. The summed E-state index contributed by atoms with van der Waals surface area (Å²) in [5.74, 6) is 1.10. The number of aryl methyl sites for hydroxylation is 1. The van der Waals surface area contributed by atoms with E-state index in [1.165, 1.54) is 0 Å². The number of carbonyl (C=O) groups is 1. The second kappa shape index (κ2) is 6.25. The summed E-state index contributed by atoms with van der Waals surface area (Å²) >= 11 is 0. The molecule has 1 aliphatic heterocycles. The Balaban J connectivity index is 1.70. The first kappa shape index (κ1) is 17.0. The minimum atomic E-state index is -3.27. The maximum absolute atomic E-state index is 12.6. The van der Waals surface area contributed by atoms with Gasteiger partial charge in [0.05, 0.1) is 19.4 Å². The van der Waals surface area contributed by atoms with E-state index in [9.17, 15) is 13.2 Å². The molecule has 1 aromatic rings. The number of likely N-dealkylation sites (tertiary alicyclic amines) is 1. The van der Waals surface area contributed by atoms with Gasteiger partial charge in [-0.05, 0) is 49.4 Å². The van der Waals surface area contributed by atoms with Crippen LogP contribution in [0.15, 0.2) is 18.2 Å². The van der Waals surface area contributed by atoms with Crippen LogP contribution in [0.3, 0.4) is 0 Å². The van der Waals surface area contributed by atoms with Crippen LogP contribution in [-0.2, 0) is 10.0 Å². The Hall–Kier alpha value is -1.80. The van der Waals surface area contributed by atoms with E-state index in [0.717, 1.165) is 36.1 Å². The maximum atomic E-state index is 12.6. The first-order valence-corrected chi connectivity index (χ1v) is 9.85. The molecular formula is C16H23N3O4S. The standard InChI is InChI=1S/C16H23N3O4S/c1-10-6-12(23-2)4-5-13(10)17-16(20)19-9-11-7-14(15(19)8-11)18-24(3,21)22/h4-6,11,14-15,18H,7-9H2,1-3H3,(H,17,20). The first-order valence-electron chi connectivity index (χ1n) is 7.96. The monoisotopic (exact) mass is 353 g/mol. The summed E-state index contributed by atoms with van der Waals surface area (Å²) in [6.45, 7) is 2.58. The molecule has 2 amide bonds. The van der Waals surface area contributed by atoms with Crippen molar-refractivity contribution in [3.8, 4) is 5.75 Å². The van der Waals surface area contributed by atoms with E-state index in [4.69, 9.17) is 4.74 Å². The first-order chi connectivity index (χ1) is 11.3. The summed E-state index contributed by atoms with van der Waals surface area (Å²) in [6.07, 6.45) is 2.80. The van der Waals surface area contributed by atoms with E-state index in [-0.39, 0.29) is 18.1 Å². The van der Waals surface area contributed by atoms with Gasteiger partial charge in [-0.2, -0.15) is 0 Å². The molecular weight excluding hydrogens is 330 g/mol. The van der Waals surface area contributed by atoms with Gasteiger partial charge in [-0.25, -0.2) is 17.9 Å². The van der Waals surface area contributed by atoms with Crippen LogP contribution in [0.4, 0.5) is 10.5 Å². The molecule has 2 fully saturated rings. The van der Waals surface area contributed by atoms with Crippen molar-refractivity contribution in [1.29, 1.82) is 0 Å². The summed E-state index contributed by atoms with van der Waals surface area (Å²) in [4.78, 5) is 14.4. The molecule has 0 aromatic heterocycles. The molecule has 3 atom stereocenters. The van der Waals surface area contributed by atoms with Crippen LogP contribution in [0.1, 0.15) is 18.4 Å². The highest BCUT2D eigenvalue weighted by atomic mass is 32.2. The van der Waals surface area contributed by atoms with Crippen molar-refractivity contribution < 1.29 is 17.9 Å². The summed E-state index contributed by atoms with van der Waals surface area (Å²) < 4.78 is 30.8. The lowest BCUT2D eigenvalue weighted by atomic mass is 10.1. The molecule has 0 spiro atoms. The molecule has 1 aliphatic carbocycles. The molecule has 1 heterocycles. The minimum Gasteiger partial charge on any atom is -0.497 e. The van der Waals surface area contributed by atoms with Gasteiger partial charge in [-0.15, -0.1) is 0 Å². The Kier molecular flexibility index (Phi) is 4.44. The van der Waals surface area contributed by atoms with Gasteiger partial charge in [0.2, 0.25) is 10.0 Å². The average molecular weight is 353 g/mol. The Morgan fingerprint density at radius 1 is 1.33 bits per heavy atom. The molecule has 1 saturated heterocycles. The minimum absolute atomic E-state index is 0.0803. The molecule has 3 unspecified atom stereocenters. The molecule has 2 bridgehead atoms. The Morgan fingerprint density at radius 2 is 2.08 bits per heavy atom. The number of hydrogen-bond acceptors (Lipinski definition) is 4. The number of carbonyl (C=O) groups excluding carboxylic acids is 1. The number of methoxy groups -OCH3 is 1. The van der Waals surface area contributed by atoms with Crippen LogP contribution >= 0.6 is 0 Å². The zero-order valence-electron chi connectivity index (χ0n) is 14.1. The number of ether oxygens (including phenoxy) is 1. The highest BCUT2D eigenvalue weighted by Gasteiger charge is 2.47. The fraction of sp³-hybridized carbons (Fsp3) is 0.562. The van der Waals surface area contributed by atoms with Gasteiger partial charge in [0.1, 0.15) is 5.75 Å². The smallest absolute Gasteiger partial charge is 0.322 e. The summed E-state index contributed by atoms with van der Waals surface area (Å²) in [5.41, 5.74) is 1.65. The zero-order valence-corrected chi connectivity index (χ0v) is 14.9. The van der Waals surface area contributed by atoms with Crippen molar-refractivity contribution in [2.24, 2.45) is 5.92 Å².